The first kappa shape index (κ1) is 22.4. The lowest BCUT2D eigenvalue weighted by molar-refractivity contribution is 0.0587. The third kappa shape index (κ3) is 4.74. The molecule has 2 rings (SSSR count). The standard InChI is InChI=1S/C22H28N2O5/c1-6-24-16(3)19(15(2)20(24)22(27)29-5)18(25)14-23(12-13-28-4)21(26)17-10-8-7-9-11-17/h7-11H,6,12-14H2,1-5H3. The molecular weight excluding hydrogens is 372 g/mol. The molecule has 0 aliphatic carbocycles. The molecule has 156 valence electrons. The van der Waals surface area contributed by atoms with Crippen LogP contribution in [0.5, 0.6) is 0 Å². The maximum Gasteiger partial charge on any atom is 0.354 e. The number of rotatable bonds is 9. The van der Waals surface area contributed by atoms with Gasteiger partial charge >= 0.3 is 5.97 Å². The second kappa shape index (κ2) is 10.0. The van der Waals surface area contributed by atoms with Crippen molar-refractivity contribution < 1.29 is 23.9 Å². The van der Waals surface area contributed by atoms with Gasteiger partial charge in [-0.05, 0) is 38.5 Å². The molecule has 0 bridgehead atoms. The Kier molecular flexibility index (Phi) is 7.73. The summed E-state index contributed by atoms with van der Waals surface area (Å²) >= 11 is 0. The zero-order valence-electron chi connectivity index (χ0n) is 17.7. The van der Waals surface area contributed by atoms with Gasteiger partial charge in [0.2, 0.25) is 0 Å². The highest BCUT2D eigenvalue weighted by Gasteiger charge is 2.28. The number of methoxy groups -OCH3 is 2. The van der Waals surface area contributed by atoms with Crippen LogP contribution in [-0.4, -0.2) is 61.0 Å². The monoisotopic (exact) mass is 400 g/mol. The van der Waals surface area contributed by atoms with Crippen molar-refractivity contribution in [3.05, 3.63) is 58.4 Å². The third-order valence-corrected chi connectivity index (χ3v) is 4.95. The molecule has 0 atom stereocenters. The highest BCUT2D eigenvalue weighted by atomic mass is 16.5. The normalized spacial score (nSPS) is 10.7. The van der Waals surface area contributed by atoms with Crippen molar-refractivity contribution in [2.75, 3.05) is 33.9 Å². The van der Waals surface area contributed by atoms with Crippen molar-refractivity contribution in [2.24, 2.45) is 0 Å². The zero-order chi connectivity index (χ0) is 21.6. The Morgan fingerprint density at radius 2 is 1.72 bits per heavy atom. The quantitative estimate of drug-likeness (QED) is 0.478. The molecule has 0 aliphatic rings. The lowest BCUT2D eigenvalue weighted by atomic mass is 10.0. The number of carbonyl (C=O) groups is 3. The number of esters is 1. The van der Waals surface area contributed by atoms with Gasteiger partial charge in [0.15, 0.2) is 5.78 Å². The predicted octanol–water partition coefficient (Wildman–Crippen LogP) is 2.88. The fourth-order valence-corrected chi connectivity index (χ4v) is 3.53. The van der Waals surface area contributed by atoms with Gasteiger partial charge in [0.25, 0.3) is 5.91 Å². The van der Waals surface area contributed by atoms with Crippen LogP contribution >= 0.6 is 0 Å². The van der Waals surface area contributed by atoms with Gasteiger partial charge in [-0.3, -0.25) is 9.59 Å². The van der Waals surface area contributed by atoms with Gasteiger partial charge in [0.1, 0.15) is 5.69 Å². The van der Waals surface area contributed by atoms with Gasteiger partial charge in [-0.1, -0.05) is 18.2 Å². The number of benzene rings is 1. The molecule has 1 amide bonds. The number of nitrogens with zero attached hydrogens (tertiary/aromatic N) is 2. The summed E-state index contributed by atoms with van der Waals surface area (Å²) in [5.74, 6) is -0.949. The van der Waals surface area contributed by atoms with E-state index in [1.165, 1.54) is 12.0 Å². The first-order valence-corrected chi connectivity index (χ1v) is 9.51. The topological polar surface area (TPSA) is 77.8 Å². The molecule has 0 radical (unpaired) electrons. The van der Waals surface area contributed by atoms with Gasteiger partial charge in [-0.25, -0.2) is 4.79 Å². The van der Waals surface area contributed by atoms with E-state index in [4.69, 9.17) is 9.47 Å². The summed E-state index contributed by atoms with van der Waals surface area (Å²) in [7, 11) is 2.86. The van der Waals surface area contributed by atoms with Crippen LogP contribution in [0.15, 0.2) is 30.3 Å². The largest absolute Gasteiger partial charge is 0.464 e. The number of aromatic nitrogens is 1. The average Bonchev–Trinajstić information content (AvgIpc) is 2.99. The lowest BCUT2D eigenvalue weighted by Gasteiger charge is -2.22. The van der Waals surface area contributed by atoms with Crippen LogP contribution in [0.4, 0.5) is 0 Å². The van der Waals surface area contributed by atoms with Crippen LogP contribution < -0.4 is 0 Å². The van der Waals surface area contributed by atoms with E-state index >= 15 is 0 Å². The van der Waals surface area contributed by atoms with Crippen molar-refractivity contribution in [1.29, 1.82) is 0 Å². The molecule has 0 unspecified atom stereocenters. The highest BCUT2D eigenvalue weighted by molar-refractivity contribution is 6.06. The van der Waals surface area contributed by atoms with E-state index in [2.05, 4.69) is 0 Å². The molecule has 0 aliphatic heterocycles. The van der Waals surface area contributed by atoms with E-state index in [1.807, 2.05) is 13.0 Å². The summed E-state index contributed by atoms with van der Waals surface area (Å²) in [5.41, 5.74) is 2.59. The van der Waals surface area contributed by atoms with Gasteiger partial charge in [0.05, 0.1) is 20.3 Å². The third-order valence-electron chi connectivity index (χ3n) is 4.95. The number of ketones is 1. The van der Waals surface area contributed by atoms with Crippen molar-refractivity contribution >= 4 is 17.7 Å². The summed E-state index contributed by atoms with van der Waals surface area (Å²) in [6.07, 6.45) is 0. The molecule has 0 saturated heterocycles. The number of amides is 1. The summed E-state index contributed by atoms with van der Waals surface area (Å²) in [4.78, 5) is 39.8. The second-order valence-electron chi connectivity index (χ2n) is 6.68. The molecule has 0 spiro atoms. The molecule has 1 aromatic carbocycles. The minimum absolute atomic E-state index is 0.104. The van der Waals surface area contributed by atoms with Crippen LogP contribution in [0.3, 0.4) is 0 Å². The van der Waals surface area contributed by atoms with Gasteiger partial charge < -0.3 is 18.9 Å². The van der Waals surface area contributed by atoms with E-state index in [0.717, 1.165) is 0 Å². The van der Waals surface area contributed by atoms with E-state index < -0.39 is 5.97 Å². The van der Waals surface area contributed by atoms with Gasteiger partial charge in [-0.2, -0.15) is 0 Å². The smallest absolute Gasteiger partial charge is 0.354 e. The average molecular weight is 400 g/mol. The fraction of sp³-hybridized carbons (Fsp3) is 0.409. The number of hydrogen-bond donors (Lipinski definition) is 0. The molecule has 7 heteroatoms. The number of Topliss-reactive ketones (excluding diaryl/α,β-unsaturated/α-hetero) is 1. The van der Waals surface area contributed by atoms with Crippen molar-refractivity contribution in [1.82, 2.24) is 9.47 Å². The summed E-state index contributed by atoms with van der Waals surface area (Å²) in [6, 6.07) is 8.82. The highest BCUT2D eigenvalue weighted by Crippen LogP contribution is 2.24. The Morgan fingerprint density at radius 3 is 2.28 bits per heavy atom. The van der Waals surface area contributed by atoms with Crippen molar-refractivity contribution in [2.45, 2.75) is 27.3 Å². The molecular formula is C22H28N2O5. The Labute approximate surface area is 171 Å². The molecule has 1 heterocycles. The van der Waals surface area contributed by atoms with Crippen LogP contribution in [-0.2, 0) is 16.0 Å². The van der Waals surface area contributed by atoms with E-state index in [0.29, 0.717) is 41.2 Å². The summed E-state index contributed by atoms with van der Waals surface area (Å²) < 4.78 is 11.8. The SMILES string of the molecule is CCn1c(C)c(C(=O)CN(CCOC)C(=O)c2ccccc2)c(C)c1C(=O)OC. The Hall–Kier alpha value is -2.93. The molecule has 1 aromatic heterocycles. The van der Waals surface area contributed by atoms with Crippen LogP contribution in [0.1, 0.15) is 49.4 Å². The van der Waals surface area contributed by atoms with Gasteiger partial charge in [-0.15, -0.1) is 0 Å². The fourth-order valence-electron chi connectivity index (χ4n) is 3.53. The first-order valence-electron chi connectivity index (χ1n) is 9.51. The van der Waals surface area contributed by atoms with E-state index in [9.17, 15) is 14.4 Å². The second-order valence-corrected chi connectivity index (χ2v) is 6.68. The molecule has 0 N–H and O–H groups in total. The molecule has 2 aromatic rings. The number of ether oxygens (including phenoxy) is 2. The summed E-state index contributed by atoms with van der Waals surface area (Å²) in [5, 5.41) is 0. The Bertz CT molecular complexity index is 886. The summed E-state index contributed by atoms with van der Waals surface area (Å²) in [6.45, 7) is 6.45. The Balaban J connectivity index is 2.38. The minimum atomic E-state index is -0.483. The molecule has 0 saturated carbocycles. The van der Waals surface area contributed by atoms with Crippen LogP contribution in [0, 0.1) is 13.8 Å². The molecule has 7 nitrogen and oxygen atoms in total. The first-order chi connectivity index (χ1) is 13.9. The van der Waals surface area contributed by atoms with Crippen molar-refractivity contribution in [3.63, 3.8) is 0 Å². The van der Waals surface area contributed by atoms with Crippen LogP contribution in [0.25, 0.3) is 0 Å². The van der Waals surface area contributed by atoms with Crippen molar-refractivity contribution in [3.8, 4) is 0 Å². The lowest BCUT2D eigenvalue weighted by Crippen LogP contribution is -2.38. The minimum Gasteiger partial charge on any atom is -0.464 e. The Morgan fingerprint density at radius 1 is 1.07 bits per heavy atom. The zero-order valence-corrected chi connectivity index (χ0v) is 17.7. The molecule has 0 fully saturated rings. The molecule has 29 heavy (non-hydrogen) atoms. The van der Waals surface area contributed by atoms with Gasteiger partial charge in [0, 0.05) is 37.0 Å². The van der Waals surface area contributed by atoms with Crippen LogP contribution in [0.2, 0.25) is 0 Å². The number of carbonyl (C=O) groups excluding carboxylic acids is 3. The predicted molar refractivity (Wildman–Crippen MR) is 109 cm³/mol. The maximum absolute atomic E-state index is 13.2. The maximum atomic E-state index is 13.2. The van der Waals surface area contributed by atoms with E-state index in [-0.39, 0.29) is 24.8 Å². The number of hydrogen-bond acceptors (Lipinski definition) is 5. The van der Waals surface area contributed by atoms with E-state index in [1.54, 1.807) is 49.8 Å².